The average Bonchev–Trinajstić information content (AvgIpc) is 2.41. The van der Waals surface area contributed by atoms with E-state index in [1.165, 1.54) is 0 Å². The first-order valence-electron chi connectivity index (χ1n) is 4.28. The average molecular weight is 242 g/mol. The molecule has 0 unspecified atom stereocenters. The summed E-state index contributed by atoms with van der Waals surface area (Å²) in [6.07, 6.45) is 1.55. The molecule has 0 radical (unpaired) electrons. The minimum Gasteiger partial charge on any atom is -0.199 e. The summed E-state index contributed by atoms with van der Waals surface area (Å²) in [6, 6.07) is 6.64. The van der Waals surface area contributed by atoms with E-state index in [9.17, 15) is 8.42 Å². The summed E-state index contributed by atoms with van der Waals surface area (Å²) in [5.74, 6) is 0. The van der Waals surface area contributed by atoms with Crippen molar-refractivity contribution in [1.82, 2.24) is 0 Å². The molecular formula is C10H8ClNO2S. The Morgan fingerprint density at radius 2 is 1.80 bits per heavy atom. The summed E-state index contributed by atoms with van der Waals surface area (Å²) in [7, 11) is -3.50. The van der Waals surface area contributed by atoms with Crippen molar-refractivity contribution < 1.29 is 8.42 Å². The second-order valence-corrected chi connectivity index (χ2v) is 5.23. The van der Waals surface area contributed by atoms with Gasteiger partial charge in [0.2, 0.25) is 0 Å². The van der Waals surface area contributed by atoms with Crippen molar-refractivity contribution in [2.75, 3.05) is 0 Å². The molecule has 1 aromatic rings. The van der Waals surface area contributed by atoms with E-state index < -0.39 is 10.0 Å². The van der Waals surface area contributed by atoms with Gasteiger partial charge >= 0.3 is 0 Å². The first-order valence-corrected chi connectivity index (χ1v) is 6.10. The molecule has 0 saturated carbocycles. The van der Waals surface area contributed by atoms with Gasteiger partial charge in [0.15, 0.2) is 0 Å². The fourth-order valence-corrected chi connectivity index (χ4v) is 2.79. The van der Waals surface area contributed by atoms with Crippen LogP contribution in [0.4, 0.5) is 0 Å². The van der Waals surface area contributed by atoms with E-state index in [4.69, 9.17) is 11.6 Å². The van der Waals surface area contributed by atoms with Gasteiger partial charge in [0.1, 0.15) is 0 Å². The molecular weight excluding hydrogens is 234 g/mol. The van der Waals surface area contributed by atoms with Crippen LogP contribution in [0.2, 0.25) is 5.02 Å². The quantitative estimate of drug-likeness (QED) is 0.758. The summed E-state index contributed by atoms with van der Waals surface area (Å²) in [4.78, 5) is 0.233. The van der Waals surface area contributed by atoms with Gasteiger partial charge in [-0.15, -0.1) is 0 Å². The van der Waals surface area contributed by atoms with Crippen LogP contribution in [-0.4, -0.2) is 14.1 Å². The number of sulfonamides is 1. The molecule has 0 aliphatic carbocycles. The highest BCUT2D eigenvalue weighted by molar-refractivity contribution is 8.00. The summed E-state index contributed by atoms with van der Waals surface area (Å²) in [5, 5.41) is 0.576. The lowest BCUT2D eigenvalue weighted by molar-refractivity contribution is 0.608. The van der Waals surface area contributed by atoms with E-state index >= 15 is 0 Å². The van der Waals surface area contributed by atoms with Gasteiger partial charge in [0.25, 0.3) is 10.0 Å². The lowest BCUT2D eigenvalue weighted by atomic mass is 10.2. The number of rotatable bonds is 1. The predicted octanol–water partition coefficient (Wildman–Crippen LogP) is 2.49. The highest BCUT2D eigenvalue weighted by Crippen LogP contribution is 2.28. The summed E-state index contributed by atoms with van der Waals surface area (Å²) in [5.41, 5.74) is 1.11. The van der Waals surface area contributed by atoms with Gasteiger partial charge in [0, 0.05) is 5.02 Å². The molecule has 0 spiro atoms. The molecule has 1 aliphatic heterocycles. The maximum Gasteiger partial charge on any atom is 0.283 e. The van der Waals surface area contributed by atoms with E-state index in [-0.39, 0.29) is 4.91 Å². The van der Waals surface area contributed by atoms with Crippen LogP contribution in [0.5, 0.6) is 0 Å². The van der Waals surface area contributed by atoms with Crippen LogP contribution in [-0.2, 0) is 10.0 Å². The van der Waals surface area contributed by atoms with E-state index in [2.05, 4.69) is 4.40 Å². The number of hydrogen-bond acceptors (Lipinski definition) is 2. The van der Waals surface area contributed by atoms with Crippen LogP contribution in [0.25, 0.3) is 4.91 Å². The molecule has 0 N–H and O–H groups in total. The fourth-order valence-electron chi connectivity index (χ4n) is 1.38. The van der Waals surface area contributed by atoms with Crippen molar-refractivity contribution in [2.45, 2.75) is 6.92 Å². The highest BCUT2D eigenvalue weighted by atomic mass is 35.5. The number of benzene rings is 1. The molecule has 0 fully saturated rings. The molecule has 0 atom stereocenters. The molecule has 3 nitrogen and oxygen atoms in total. The van der Waals surface area contributed by atoms with Crippen LogP contribution < -0.4 is 0 Å². The van der Waals surface area contributed by atoms with Crippen molar-refractivity contribution in [1.29, 1.82) is 0 Å². The van der Waals surface area contributed by atoms with Gasteiger partial charge in [0.05, 0.1) is 10.6 Å². The van der Waals surface area contributed by atoms with E-state index in [0.717, 1.165) is 0 Å². The van der Waals surface area contributed by atoms with Gasteiger partial charge < -0.3 is 0 Å². The first-order chi connectivity index (χ1) is 6.99. The van der Waals surface area contributed by atoms with Crippen molar-refractivity contribution in [3.8, 4) is 0 Å². The summed E-state index contributed by atoms with van der Waals surface area (Å²) >= 11 is 5.72. The zero-order valence-electron chi connectivity index (χ0n) is 7.94. The van der Waals surface area contributed by atoms with Crippen molar-refractivity contribution in [2.24, 2.45) is 4.40 Å². The molecule has 0 bridgehead atoms. The third-order valence-electron chi connectivity index (χ3n) is 2.01. The fraction of sp³-hybridized carbons (Fsp3) is 0.100. The Morgan fingerprint density at radius 1 is 1.20 bits per heavy atom. The maximum atomic E-state index is 11.6. The van der Waals surface area contributed by atoms with Crippen molar-refractivity contribution in [3.05, 3.63) is 40.9 Å². The molecule has 0 amide bonds. The van der Waals surface area contributed by atoms with E-state index in [1.807, 2.05) is 0 Å². The molecule has 1 heterocycles. The minimum absolute atomic E-state index is 0.233. The third kappa shape index (κ3) is 1.96. The zero-order chi connectivity index (χ0) is 11.1. The van der Waals surface area contributed by atoms with Gasteiger partial charge in [-0.05, 0) is 30.7 Å². The molecule has 1 aromatic carbocycles. The highest BCUT2D eigenvalue weighted by Gasteiger charge is 2.23. The van der Waals surface area contributed by atoms with Crippen molar-refractivity contribution in [3.63, 3.8) is 0 Å². The van der Waals surface area contributed by atoms with Crippen LogP contribution in [0, 0.1) is 0 Å². The Kier molecular flexibility index (Phi) is 2.40. The second-order valence-electron chi connectivity index (χ2n) is 3.22. The molecule has 78 valence electrons. The van der Waals surface area contributed by atoms with Gasteiger partial charge in [-0.2, -0.15) is 12.8 Å². The minimum atomic E-state index is -3.50. The predicted molar refractivity (Wildman–Crippen MR) is 61.5 cm³/mol. The Labute approximate surface area is 93.2 Å². The maximum absolute atomic E-state index is 11.6. The van der Waals surface area contributed by atoms with E-state index in [1.54, 1.807) is 37.3 Å². The first kappa shape index (κ1) is 10.4. The Morgan fingerprint density at radius 3 is 2.27 bits per heavy atom. The van der Waals surface area contributed by atoms with Gasteiger partial charge in [-0.25, -0.2) is 0 Å². The van der Waals surface area contributed by atoms with E-state index in [0.29, 0.717) is 16.3 Å². The molecule has 0 saturated heterocycles. The van der Waals surface area contributed by atoms with Crippen molar-refractivity contribution >= 4 is 32.2 Å². The Bertz CT molecular complexity index is 556. The van der Waals surface area contributed by atoms with Crippen LogP contribution in [0.15, 0.2) is 34.7 Å². The lowest BCUT2D eigenvalue weighted by Crippen LogP contribution is -1.95. The smallest absolute Gasteiger partial charge is 0.199 e. The lowest BCUT2D eigenvalue weighted by Gasteiger charge is -2.00. The molecule has 0 aromatic heterocycles. The SMILES string of the molecule is CC1=NS(=O)(=O)C(c2ccc(Cl)cc2)=C1. The summed E-state index contributed by atoms with van der Waals surface area (Å²) < 4.78 is 26.7. The topological polar surface area (TPSA) is 46.5 Å². The molecule has 15 heavy (non-hydrogen) atoms. The van der Waals surface area contributed by atoms with Crippen LogP contribution in [0.3, 0.4) is 0 Å². The number of nitrogens with zero attached hydrogens (tertiary/aromatic N) is 1. The summed E-state index contributed by atoms with van der Waals surface area (Å²) in [6.45, 7) is 1.65. The number of allylic oxidation sites excluding steroid dienone is 1. The normalized spacial score (nSPS) is 18.5. The monoisotopic (exact) mass is 241 g/mol. The van der Waals surface area contributed by atoms with Crippen LogP contribution in [0.1, 0.15) is 12.5 Å². The largest absolute Gasteiger partial charge is 0.283 e. The molecule has 2 rings (SSSR count). The standard InChI is InChI=1S/C10H8ClNO2S/c1-7-6-10(15(13,14)12-7)8-2-4-9(11)5-3-8/h2-6H,1H3. The second kappa shape index (κ2) is 3.47. The number of halogens is 1. The third-order valence-corrected chi connectivity index (χ3v) is 3.70. The molecule has 1 aliphatic rings. The Balaban J connectivity index is 2.52. The molecule has 5 heteroatoms. The van der Waals surface area contributed by atoms with Crippen LogP contribution >= 0.6 is 11.6 Å². The zero-order valence-corrected chi connectivity index (χ0v) is 9.51. The van der Waals surface area contributed by atoms with Gasteiger partial charge in [-0.1, -0.05) is 23.7 Å². The van der Waals surface area contributed by atoms with Gasteiger partial charge in [-0.3, -0.25) is 0 Å². The number of hydrogen-bond donors (Lipinski definition) is 0. The Hall–Kier alpha value is -1.13.